The SMILES string of the molecule is Cc1cc(Cl)ccc1-c1nc2c(Cl)cccc2[nH]1. The Hall–Kier alpha value is -1.51. The second kappa shape index (κ2) is 4.30. The molecule has 0 saturated heterocycles. The average molecular weight is 277 g/mol. The molecule has 2 aromatic carbocycles. The summed E-state index contributed by atoms with van der Waals surface area (Å²) in [5, 5.41) is 1.38. The first-order valence-corrected chi connectivity index (χ1v) is 6.31. The van der Waals surface area contributed by atoms with Crippen LogP contribution in [0.5, 0.6) is 0 Å². The lowest BCUT2D eigenvalue weighted by molar-refractivity contribution is 1.31. The van der Waals surface area contributed by atoms with E-state index < -0.39 is 0 Å². The largest absolute Gasteiger partial charge is 0.338 e. The number of imidazole rings is 1. The van der Waals surface area contributed by atoms with Crippen molar-refractivity contribution in [3.8, 4) is 11.4 Å². The minimum Gasteiger partial charge on any atom is -0.338 e. The zero-order valence-electron chi connectivity index (χ0n) is 9.67. The molecule has 0 radical (unpaired) electrons. The topological polar surface area (TPSA) is 28.7 Å². The zero-order chi connectivity index (χ0) is 12.7. The summed E-state index contributed by atoms with van der Waals surface area (Å²) in [7, 11) is 0. The highest BCUT2D eigenvalue weighted by Crippen LogP contribution is 2.28. The van der Waals surface area contributed by atoms with E-state index in [1.807, 2.05) is 43.3 Å². The molecule has 0 saturated carbocycles. The molecule has 3 rings (SSSR count). The van der Waals surface area contributed by atoms with Crippen molar-refractivity contribution in [1.82, 2.24) is 9.97 Å². The monoisotopic (exact) mass is 276 g/mol. The number of H-pyrrole nitrogens is 1. The molecule has 0 fully saturated rings. The van der Waals surface area contributed by atoms with Crippen LogP contribution in [0.15, 0.2) is 36.4 Å². The maximum Gasteiger partial charge on any atom is 0.138 e. The molecular formula is C14H10Cl2N2. The van der Waals surface area contributed by atoms with Gasteiger partial charge in [-0.05, 0) is 42.8 Å². The molecule has 3 aromatic rings. The van der Waals surface area contributed by atoms with Crippen LogP contribution in [0, 0.1) is 6.92 Å². The van der Waals surface area contributed by atoms with Gasteiger partial charge in [0.1, 0.15) is 11.3 Å². The Morgan fingerprint density at radius 3 is 2.67 bits per heavy atom. The van der Waals surface area contributed by atoms with Crippen LogP contribution in [0.25, 0.3) is 22.4 Å². The van der Waals surface area contributed by atoms with Crippen LogP contribution in [0.3, 0.4) is 0 Å². The van der Waals surface area contributed by atoms with E-state index in [0.29, 0.717) is 5.02 Å². The standard InChI is InChI=1S/C14H10Cl2N2/c1-8-7-9(15)5-6-10(8)14-17-12-4-2-3-11(16)13(12)18-14/h2-7H,1H3,(H,17,18). The van der Waals surface area contributed by atoms with E-state index in [1.54, 1.807) is 0 Å². The van der Waals surface area contributed by atoms with E-state index >= 15 is 0 Å². The van der Waals surface area contributed by atoms with Gasteiger partial charge in [0.15, 0.2) is 0 Å². The van der Waals surface area contributed by atoms with Crippen LogP contribution in [-0.4, -0.2) is 9.97 Å². The molecule has 4 heteroatoms. The number of fused-ring (bicyclic) bond motifs is 1. The van der Waals surface area contributed by atoms with Crippen LogP contribution < -0.4 is 0 Å². The number of rotatable bonds is 1. The number of benzene rings is 2. The van der Waals surface area contributed by atoms with Crippen molar-refractivity contribution in [2.45, 2.75) is 6.92 Å². The third kappa shape index (κ3) is 1.88. The Balaban J connectivity index is 2.23. The van der Waals surface area contributed by atoms with Gasteiger partial charge >= 0.3 is 0 Å². The smallest absolute Gasteiger partial charge is 0.138 e. The Morgan fingerprint density at radius 1 is 1.11 bits per heavy atom. The quantitative estimate of drug-likeness (QED) is 0.677. The lowest BCUT2D eigenvalue weighted by Gasteiger charge is -2.02. The molecule has 0 aliphatic rings. The summed E-state index contributed by atoms with van der Waals surface area (Å²) in [5.74, 6) is 0.812. The second-order valence-corrected chi connectivity index (χ2v) is 5.02. The van der Waals surface area contributed by atoms with Gasteiger partial charge in [0.05, 0.1) is 10.5 Å². The van der Waals surface area contributed by atoms with Crippen molar-refractivity contribution >= 4 is 34.2 Å². The van der Waals surface area contributed by atoms with Crippen LogP contribution in [0.2, 0.25) is 10.0 Å². The number of para-hydroxylation sites is 1. The second-order valence-electron chi connectivity index (χ2n) is 4.18. The van der Waals surface area contributed by atoms with E-state index in [1.165, 1.54) is 0 Å². The molecule has 0 bridgehead atoms. The molecule has 0 unspecified atom stereocenters. The Bertz CT molecular complexity index is 732. The molecule has 1 aromatic heterocycles. The molecule has 0 amide bonds. The van der Waals surface area contributed by atoms with Gasteiger partial charge in [0, 0.05) is 10.6 Å². The lowest BCUT2D eigenvalue weighted by Crippen LogP contribution is -1.85. The lowest BCUT2D eigenvalue weighted by atomic mass is 10.1. The maximum absolute atomic E-state index is 6.12. The van der Waals surface area contributed by atoms with Crippen molar-refractivity contribution in [2.75, 3.05) is 0 Å². The van der Waals surface area contributed by atoms with Gasteiger partial charge in [-0.1, -0.05) is 29.3 Å². The van der Waals surface area contributed by atoms with E-state index in [9.17, 15) is 0 Å². The van der Waals surface area contributed by atoms with Crippen molar-refractivity contribution in [2.24, 2.45) is 0 Å². The van der Waals surface area contributed by atoms with Crippen LogP contribution in [-0.2, 0) is 0 Å². The molecule has 0 atom stereocenters. The molecule has 0 aliphatic carbocycles. The van der Waals surface area contributed by atoms with Gasteiger partial charge < -0.3 is 4.98 Å². The summed E-state index contributed by atoms with van der Waals surface area (Å²) >= 11 is 12.1. The van der Waals surface area contributed by atoms with Crippen molar-refractivity contribution < 1.29 is 0 Å². The fourth-order valence-electron chi connectivity index (χ4n) is 2.02. The first-order valence-electron chi connectivity index (χ1n) is 5.56. The Kier molecular flexibility index (Phi) is 2.77. The number of nitrogens with one attached hydrogen (secondary N) is 1. The number of aromatic amines is 1. The number of nitrogens with zero attached hydrogens (tertiary/aromatic N) is 1. The summed E-state index contributed by atoms with van der Waals surface area (Å²) < 4.78 is 0. The van der Waals surface area contributed by atoms with Crippen molar-refractivity contribution in [3.63, 3.8) is 0 Å². The van der Waals surface area contributed by atoms with Crippen molar-refractivity contribution in [1.29, 1.82) is 0 Å². The normalized spacial score (nSPS) is 11.1. The number of halogens is 2. The third-order valence-corrected chi connectivity index (χ3v) is 3.45. The highest BCUT2D eigenvalue weighted by molar-refractivity contribution is 6.35. The predicted molar refractivity (Wildman–Crippen MR) is 76.3 cm³/mol. The molecule has 0 aliphatic heterocycles. The fraction of sp³-hybridized carbons (Fsp3) is 0.0714. The average Bonchev–Trinajstić information content (AvgIpc) is 2.74. The number of hydrogen-bond donors (Lipinski definition) is 1. The van der Waals surface area contributed by atoms with E-state index in [2.05, 4.69) is 9.97 Å². The summed E-state index contributed by atoms with van der Waals surface area (Å²) in [6.45, 7) is 2.01. The number of hydrogen-bond acceptors (Lipinski definition) is 1. The Morgan fingerprint density at radius 2 is 1.94 bits per heavy atom. The molecule has 18 heavy (non-hydrogen) atoms. The minimum absolute atomic E-state index is 0.654. The first kappa shape index (κ1) is 11.6. The summed E-state index contributed by atoms with van der Waals surface area (Å²) in [5.41, 5.74) is 3.85. The van der Waals surface area contributed by atoms with Gasteiger partial charge in [-0.25, -0.2) is 4.98 Å². The molecule has 90 valence electrons. The Labute approximate surface area is 115 Å². The minimum atomic E-state index is 0.654. The van der Waals surface area contributed by atoms with Crippen LogP contribution in [0.4, 0.5) is 0 Å². The van der Waals surface area contributed by atoms with Gasteiger partial charge in [-0.3, -0.25) is 0 Å². The number of aromatic nitrogens is 2. The molecule has 2 nitrogen and oxygen atoms in total. The van der Waals surface area contributed by atoms with Gasteiger partial charge in [0.2, 0.25) is 0 Å². The zero-order valence-corrected chi connectivity index (χ0v) is 11.2. The first-order chi connectivity index (χ1) is 8.65. The van der Waals surface area contributed by atoms with E-state index in [0.717, 1.165) is 33.0 Å². The summed E-state index contributed by atoms with van der Waals surface area (Å²) in [6, 6.07) is 11.4. The van der Waals surface area contributed by atoms with Gasteiger partial charge in [-0.2, -0.15) is 0 Å². The fourth-order valence-corrected chi connectivity index (χ4v) is 2.46. The predicted octanol–water partition coefficient (Wildman–Crippen LogP) is 4.85. The summed E-state index contributed by atoms with van der Waals surface area (Å²) in [6.07, 6.45) is 0. The van der Waals surface area contributed by atoms with Gasteiger partial charge in [0.25, 0.3) is 0 Å². The summed E-state index contributed by atoms with van der Waals surface area (Å²) in [4.78, 5) is 7.82. The molecule has 0 spiro atoms. The highest BCUT2D eigenvalue weighted by atomic mass is 35.5. The van der Waals surface area contributed by atoms with E-state index in [-0.39, 0.29) is 0 Å². The highest BCUT2D eigenvalue weighted by Gasteiger charge is 2.09. The van der Waals surface area contributed by atoms with Crippen molar-refractivity contribution in [3.05, 3.63) is 52.0 Å². The van der Waals surface area contributed by atoms with Gasteiger partial charge in [-0.15, -0.1) is 0 Å². The third-order valence-electron chi connectivity index (χ3n) is 2.91. The van der Waals surface area contributed by atoms with E-state index in [4.69, 9.17) is 23.2 Å². The molecule has 1 heterocycles. The van der Waals surface area contributed by atoms with Crippen LogP contribution in [0.1, 0.15) is 5.56 Å². The maximum atomic E-state index is 6.12. The molecule has 1 N–H and O–H groups in total. The van der Waals surface area contributed by atoms with Crippen LogP contribution >= 0.6 is 23.2 Å². The number of aryl methyl sites for hydroxylation is 1. The molecular weight excluding hydrogens is 267 g/mol.